The standard InChI is InChI=1S/C12H7BrClF3N2/c13-10-2-1-3-11(19-10)18-9-5-7(12(15,16)17)4-8(14)6-9/h1-6H,(H,18,19). The van der Waals surface area contributed by atoms with Crippen LogP contribution in [0, 0.1) is 0 Å². The minimum absolute atomic E-state index is 0.00678. The van der Waals surface area contributed by atoms with Gasteiger partial charge in [0.1, 0.15) is 10.4 Å². The molecule has 100 valence electrons. The molecule has 2 aromatic rings. The Hall–Kier alpha value is -1.27. The van der Waals surface area contributed by atoms with Crippen LogP contribution < -0.4 is 5.32 Å². The average Bonchev–Trinajstić information content (AvgIpc) is 2.26. The van der Waals surface area contributed by atoms with Crippen LogP contribution in [0.4, 0.5) is 24.7 Å². The van der Waals surface area contributed by atoms with Crippen molar-refractivity contribution in [2.75, 3.05) is 5.32 Å². The smallest absolute Gasteiger partial charge is 0.340 e. The van der Waals surface area contributed by atoms with E-state index in [-0.39, 0.29) is 10.7 Å². The second-order valence-corrected chi connectivity index (χ2v) is 4.95. The fourth-order valence-electron chi connectivity index (χ4n) is 1.45. The Bertz CT molecular complexity index is 602. The molecule has 0 aliphatic rings. The predicted molar refractivity (Wildman–Crippen MR) is 71.7 cm³/mol. The Morgan fingerprint density at radius 3 is 2.53 bits per heavy atom. The summed E-state index contributed by atoms with van der Waals surface area (Å²) in [5, 5.41) is 2.78. The lowest BCUT2D eigenvalue weighted by atomic mass is 10.2. The Labute approximate surface area is 120 Å². The summed E-state index contributed by atoms with van der Waals surface area (Å²) in [6, 6.07) is 8.33. The van der Waals surface area contributed by atoms with Crippen molar-refractivity contribution in [1.82, 2.24) is 4.98 Å². The molecule has 0 spiro atoms. The summed E-state index contributed by atoms with van der Waals surface area (Å²) in [5.41, 5.74) is -0.581. The second kappa shape index (κ2) is 5.38. The zero-order chi connectivity index (χ0) is 14.0. The maximum Gasteiger partial charge on any atom is 0.416 e. The van der Waals surface area contributed by atoms with Gasteiger partial charge in [-0.15, -0.1) is 0 Å². The first-order valence-corrected chi connectivity index (χ1v) is 6.29. The molecule has 0 fully saturated rings. The van der Waals surface area contributed by atoms with Crippen LogP contribution in [0.1, 0.15) is 5.56 Å². The molecule has 1 aromatic carbocycles. The summed E-state index contributed by atoms with van der Waals surface area (Å²) >= 11 is 8.86. The summed E-state index contributed by atoms with van der Waals surface area (Å²) in [7, 11) is 0. The molecule has 1 N–H and O–H groups in total. The molecular weight excluding hydrogens is 344 g/mol. The highest BCUT2D eigenvalue weighted by atomic mass is 79.9. The SMILES string of the molecule is FC(F)(F)c1cc(Cl)cc(Nc2cccc(Br)n2)c1. The third kappa shape index (κ3) is 3.84. The lowest BCUT2D eigenvalue weighted by Gasteiger charge is -2.11. The number of aromatic nitrogens is 1. The van der Waals surface area contributed by atoms with Gasteiger partial charge in [-0.2, -0.15) is 13.2 Å². The summed E-state index contributed by atoms with van der Waals surface area (Å²) in [4.78, 5) is 4.07. The summed E-state index contributed by atoms with van der Waals surface area (Å²) < 4.78 is 38.5. The molecule has 1 heterocycles. The van der Waals surface area contributed by atoms with E-state index in [1.54, 1.807) is 18.2 Å². The highest BCUT2D eigenvalue weighted by molar-refractivity contribution is 9.10. The third-order valence-electron chi connectivity index (χ3n) is 2.21. The van der Waals surface area contributed by atoms with Gasteiger partial charge in [0.25, 0.3) is 0 Å². The number of nitrogens with zero attached hydrogens (tertiary/aromatic N) is 1. The van der Waals surface area contributed by atoms with Crippen molar-refractivity contribution in [3.05, 3.63) is 51.6 Å². The lowest BCUT2D eigenvalue weighted by molar-refractivity contribution is -0.137. The lowest BCUT2D eigenvalue weighted by Crippen LogP contribution is -2.05. The first-order chi connectivity index (χ1) is 8.84. The molecule has 2 nitrogen and oxygen atoms in total. The number of anilines is 2. The predicted octanol–water partition coefficient (Wildman–Crippen LogP) is 5.26. The van der Waals surface area contributed by atoms with Crippen LogP contribution >= 0.6 is 27.5 Å². The first-order valence-electron chi connectivity index (χ1n) is 5.12. The Balaban J connectivity index is 2.33. The van der Waals surface area contributed by atoms with Gasteiger partial charge in [-0.1, -0.05) is 17.7 Å². The highest BCUT2D eigenvalue weighted by Gasteiger charge is 2.31. The molecule has 0 amide bonds. The van der Waals surface area contributed by atoms with Crippen LogP contribution in [0.25, 0.3) is 0 Å². The van der Waals surface area contributed by atoms with Crippen LogP contribution in [-0.4, -0.2) is 4.98 Å². The molecule has 0 saturated carbocycles. The van der Waals surface area contributed by atoms with E-state index >= 15 is 0 Å². The molecule has 0 aliphatic carbocycles. The van der Waals surface area contributed by atoms with E-state index in [0.717, 1.165) is 12.1 Å². The minimum Gasteiger partial charge on any atom is -0.340 e. The van der Waals surface area contributed by atoms with Crippen molar-refractivity contribution in [2.45, 2.75) is 6.18 Å². The van der Waals surface area contributed by atoms with Crippen molar-refractivity contribution >= 4 is 39.0 Å². The quantitative estimate of drug-likeness (QED) is 0.747. The summed E-state index contributed by atoms with van der Waals surface area (Å²) in [5.74, 6) is 0.421. The van der Waals surface area contributed by atoms with Crippen LogP contribution in [0.3, 0.4) is 0 Å². The first kappa shape index (κ1) is 14.1. The van der Waals surface area contributed by atoms with E-state index in [1.165, 1.54) is 6.07 Å². The zero-order valence-electron chi connectivity index (χ0n) is 9.30. The largest absolute Gasteiger partial charge is 0.416 e. The van der Waals surface area contributed by atoms with Gasteiger partial charge in [0, 0.05) is 10.7 Å². The molecule has 1 aromatic heterocycles. The van der Waals surface area contributed by atoms with Gasteiger partial charge in [-0.05, 0) is 46.3 Å². The molecule has 19 heavy (non-hydrogen) atoms. The van der Waals surface area contributed by atoms with Crippen LogP contribution in [0.2, 0.25) is 5.02 Å². The van der Waals surface area contributed by atoms with E-state index in [2.05, 4.69) is 26.2 Å². The number of nitrogens with one attached hydrogen (secondary N) is 1. The molecule has 0 radical (unpaired) electrons. The minimum atomic E-state index is -4.44. The van der Waals surface area contributed by atoms with Gasteiger partial charge in [0.15, 0.2) is 0 Å². The summed E-state index contributed by atoms with van der Waals surface area (Å²) in [6.45, 7) is 0. The van der Waals surface area contributed by atoms with E-state index in [4.69, 9.17) is 11.6 Å². The van der Waals surface area contributed by atoms with Gasteiger partial charge in [-0.25, -0.2) is 4.98 Å². The topological polar surface area (TPSA) is 24.9 Å². The van der Waals surface area contributed by atoms with Crippen LogP contribution in [-0.2, 0) is 6.18 Å². The molecule has 0 atom stereocenters. The fourth-order valence-corrected chi connectivity index (χ4v) is 2.03. The molecule has 2 rings (SSSR count). The maximum atomic E-state index is 12.6. The third-order valence-corrected chi connectivity index (χ3v) is 2.87. The molecular formula is C12H7BrClF3N2. The monoisotopic (exact) mass is 350 g/mol. The van der Waals surface area contributed by atoms with E-state index in [0.29, 0.717) is 10.4 Å². The molecule has 0 saturated heterocycles. The average molecular weight is 352 g/mol. The van der Waals surface area contributed by atoms with Gasteiger partial charge < -0.3 is 5.32 Å². The fraction of sp³-hybridized carbons (Fsp3) is 0.0833. The second-order valence-electron chi connectivity index (χ2n) is 3.70. The van der Waals surface area contributed by atoms with Crippen molar-refractivity contribution in [3.63, 3.8) is 0 Å². The number of rotatable bonds is 2. The van der Waals surface area contributed by atoms with Crippen molar-refractivity contribution in [2.24, 2.45) is 0 Å². The van der Waals surface area contributed by atoms with Gasteiger partial charge in [0.05, 0.1) is 5.56 Å². The number of pyridine rings is 1. The normalized spacial score (nSPS) is 11.4. The Morgan fingerprint density at radius 1 is 1.16 bits per heavy atom. The van der Waals surface area contributed by atoms with Gasteiger partial charge >= 0.3 is 6.18 Å². The Morgan fingerprint density at radius 2 is 1.89 bits per heavy atom. The van der Waals surface area contributed by atoms with Crippen molar-refractivity contribution in [3.8, 4) is 0 Å². The molecule has 0 unspecified atom stereocenters. The van der Waals surface area contributed by atoms with E-state index in [9.17, 15) is 13.2 Å². The molecule has 0 aliphatic heterocycles. The van der Waals surface area contributed by atoms with E-state index in [1.807, 2.05) is 0 Å². The molecule has 7 heteroatoms. The summed E-state index contributed by atoms with van der Waals surface area (Å²) in [6.07, 6.45) is -4.44. The van der Waals surface area contributed by atoms with Gasteiger partial charge in [-0.3, -0.25) is 0 Å². The van der Waals surface area contributed by atoms with Crippen molar-refractivity contribution in [1.29, 1.82) is 0 Å². The van der Waals surface area contributed by atoms with Gasteiger partial charge in [0.2, 0.25) is 0 Å². The zero-order valence-corrected chi connectivity index (χ0v) is 11.6. The van der Waals surface area contributed by atoms with Crippen LogP contribution in [0.5, 0.6) is 0 Å². The molecule has 0 bridgehead atoms. The van der Waals surface area contributed by atoms with Crippen molar-refractivity contribution < 1.29 is 13.2 Å². The number of alkyl halides is 3. The van der Waals surface area contributed by atoms with E-state index < -0.39 is 11.7 Å². The Kier molecular flexibility index (Phi) is 4.01. The number of hydrogen-bond acceptors (Lipinski definition) is 2. The number of hydrogen-bond donors (Lipinski definition) is 1. The highest BCUT2D eigenvalue weighted by Crippen LogP contribution is 2.33. The maximum absolute atomic E-state index is 12.6. The number of halogens is 5. The number of benzene rings is 1. The van der Waals surface area contributed by atoms with Crippen LogP contribution in [0.15, 0.2) is 41.0 Å².